The Labute approximate surface area is 137 Å². The molecule has 0 saturated heterocycles. The molecule has 2 saturated carbocycles. The monoisotopic (exact) mass is 313 g/mol. The number of carbonyl (C=O) groups is 1. The fourth-order valence-corrected chi connectivity index (χ4v) is 3.94. The molecule has 3 N–H and O–H groups in total. The number of nitrogens with one attached hydrogen (secondary N) is 2. The minimum absolute atomic E-state index is 0.0214. The summed E-state index contributed by atoms with van der Waals surface area (Å²) in [6, 6.07) is 0. The summed E-state index contributed by atoms with van der Waals surface area (Å²) in [5.41, 5.74) is 3.11. The third-order valence-electron chi connectivity index (χ3n) is 5.82. The molecule has 4 nitrogen and oxygen atoms in total. The predicted octanol–water partition coefficient (Wildman–Crippen LogP) is 0.597. The lowest BCUT2D eigenvalue weighted by atomic mass is 9.69. The second kappa shape index (κ2) is 5.75. The number of hydrogen-bond donors (Lipinski definition) is 3. The molecule has 4 heteroatoms. The van der Waals surface area contributed by atoms with Crippen LogP contribution < -0.4 is 10.3 Å². The second-order valence-corrected chi connectivity index (χ2v) is 7.45. The molecule has 4 rings (SSSR count). The molecule has 1 unspecified atom stereocenters. The highest BCUT2D eigenvalue weighted by Crippen LogP contribution is 2.40. The lowest BCUT2D eigenvalue weighted by molar-refractivity contribution is -0.391. The van der Waals surface area contributed by atoms with Gasteiger partial charge in [-0.3, -0.25) is 4.79 Å². The molecule has 2 fully saturated rings. The van der Waals surface area contributed by atoms with Crippen molar-refractivity contribution in [2.45, 2.75) is 38.5 Å². The van der Waals surface area contributed by atoms with Crippen molar-refractivity contribution in [2.75, 3.05) is 13.2 Å². The van der Waals surface area contributed by atoms with E-state index in [9.17, 15) is 9.90 Å². The zero-order valence-electron chi connectivity index (χ0n) is 13.5. The molecular formula is C19H25N2O2+. The van der Waals surface area contributed by atoms with Crippen LogP contribution in [0.4, 0.5) is 0 Å². The molecular weight excluding hydrogens is 288 g/mol. The Kier molecular flexibility index (Phi) is 3.72. The van der Waals surface area contributed by atoms with Gasteiger partial charge in [0.1, 0.15) is 0 Å². The number of amides is 1. The van der Waals surface area contributed by atoms with Crippen LogP contribution in [0.25, 0.3) is 0 Å². The van der Waals surface area contributed by atoms with Crippen LogP contribution in [-0.4, -0.2) is 29.9 Å². The van der Waals surface area contributed by atoms with Gasteiger partial charge in [-0.1, -0.05) is 30.7 Å². The van der Waals surface area contributed by atoms with Crippen molar-refractivity contribution < 1.29 is 14.9 Å². The fraction of sp³-hybridized carbons (Fsp3) is 0.579. The van der Waals surface area contributed by atoms with Crippen LogP contribution >= 0.6 is 0 Å². The molecule has 3 aliphatic carbocycles. The van der Waals surface area contributed by atoms with E-state index in [1.807, 2.05) is 6.08 Å². The zero-order chi connectivity index (χ0) is 15.9. The molecule has 1 amide bonds. The highest BCUT2D eigenvalue weighted by atomic mass is 16.3. The summed E-state index contributed by atoms with van der Waals surface area (Å²) in [5.74, 6) is 0.955. The van der Waals surface area contributed by atoms with E-state index < -0.39 is 0 Å². The number of carbonyl (C=O) groups excluding carboxylic acids is 1. The summed E-state index contributed by atoms with van der Waals surface area (Å²) in [4.78, 5) is 16.2. The minimum Gasteiger partial charge on any atom is -0.396 e. The maximum atomic E-state index is 12.7. The van der Waals surface area contributed by atoms with Crippen LogP contribution in [0, 0.1) is 17.3 Å². The van der Waals surface area contributed by atoms with Gasteiger partial charge in [0.25, 0.3) is 5.70 Å². The number of rotatable bonds is 5. The van der Waals surface area contributed by atoms with E-state index in [-0.39, 0.29) is 17.9 Å². The average Bonchev–Trinajstić information content (AvgIpc) is 3.33. The molecule has 0 radical (unpaired) electrons. The Morgan fingerprint density at radius 2 is 2.17 bits per heavy atom. The van der Waals surface area contributed by atoms with Gasteiger partial charge in [-0.25, -0.2) is 4.99 Å². The first kappa shape index (κ1) is 14.9. The predicted molar refractivity (Wildman–Crippen MR) is 88.5 cm³/mol. The number of aliphatic hydroxyl groups is 1. The van der Waals surface area contributed by atoms with Crippen LogP contribution in [0.2, 0.25) is 0 Å². The number of allylic oxidation sites excluding steroid dienone is 5. The largest absolute Gasteiger partial charge is 0.396 e. The smallest absolute Gasteiger partial charge is 0.316 e. The molecule has 4 aliphatic rings. The summed E-state index contributed by atoms with van der Waals surface area (Å²) < 4.78 is 0. The highest BCUT2D eigenvalue weighted by molar-refractivity contribution is 5.99. The van der Waals surface area contributed by atoms with Crippen LogP contribution in [0.5, 0.6) is 0 Å². The topological polar surface area (TPSA) is 63.3 Å². The molecule has 1 heterocycles. The van der Waals surface area contributed by atoms with Crippen molar-refractivity contribution >= 4 is 11.6 Å². The summed E-state index contributed by atoms with van der Waals surface area (Å²) in [5, 5.41) is 12.6. The number of aliphatic hydroxyl groups excluding tert-OH is 1. The molecule has 0 aromatic carbocycles. The molecule has 0 aromatic heterocycles. The molecule has 23 heavy (non-hydrogen) atoms. The van der Waals surface area contributed by atoms with Gasteiger partial charge >= 0.3 is 5.91 Å². The second-order valence-electron chi connectivity index (χ2n) is 7.45. The first-order valence-corrected chi connectivity index (χ1v) is 8.83. The molecule has 122 valence electrons. The summed E-state index contributed by atoms with van der Waals surface area (Å²) in [6.45, 7) is 0.741. The molecule has 0 spiro atoms. The van der Waals surface area contributed by atoms with Gasteiger partial charge in [0.05, 0.1) is 12.5 Å². The average molecular weight is 313 g/mol. The Hall–Kier alpha value is -1.68. The van der Waals surface area contributed by atoms with E-state index >= 15 is 0 Å². The first-order valence-electron chi connectivity index (χ1n) is 8.83. The molecule has 0 aromatic rings. The summed E-state index contributed by atoms with van der Waals surface area (Å²) in [7, 11) is 0. The molecule has 1 atom stereocenters. The van der Waals surface area contributed by atoms with E-state index in [1.165, 1.54) is 18.6 Å². The Balaban J connectivity index is 1.53. The van der Waals surface area contributed by atoms with Crippen LogP contribution in [0.3, 0.4) is 0 Å². The van der Waals surface area contributed by atoms with Gasteiger partial charge in [-0.2, -0.15) is 0 Å². The van der Waals surface area contributed by atoms with E-state index in [0.29, 0.717) is 18.4 Å². The van der Waals surface area contributed by atoms with Crippen LogP contribution in [-0.2, 0) is 4.79 Å². The van der Waals surface area contributed by atoms with Crippen molar-refractivity contribution in [3.05, 3.63) is 35.6 Å². The van der Waals surface area contributed by atoms with Gasteiger partial charge in [0.15, 0.2) is 5.71 Å². The van der Waals surface area contributed by atoms with Gasteiger partial charge < -0.3 is 10.4 Å². The van der Waals surface area contributed by atoms with Crippen molar-refractivity contribution in [1.29, 1.82) is 0 Å². The van der Waals surface area contributed by atoms with Crippen molar-refractivity contribution in [2.24, 2.45) is 17.3 Å². The van der Waals surface area contributed by atoms with Crippen molar-refractivity contribution in [1.82, 2.24) is 5.32 Å². The standard InChI is InChI=1S/C19H24N2O2/c22-12-19(9-4-10-19)11-20-18(23)17-15-6-3-1-2-5-14(15)16(21-17)13-7-8-13/h1-3,6,13-14,22H,4-5,7-12H2,(H,20,23)/p+1. The van der Waals surface area contributed by atoms with Crippen molar-refractivity contribution in [3.63, 3.8) is 0 Å². The third-order valence-corrected chi connectivity index (χ3v) is 5.82. The maximum absolute atomic E-state index is 12.7. The van der Waals surface area contributed by atoms with Crippen LogP contribution in [0.1, 0.15) is 38.5 Å². The van der Waals surface area contributed by atoms with Gasteiger partial charge in [0, 0.05) is 23.5 Å². The Bertz CT molecular complexity index is 628. The van der Waals surface area contributed by atoms with E-state index in [1.54, 1.807) is 0 Å². The normalized spacial score (nSPS) is 28.0. The summed E-state index contributed by atoms with van der Waals surface area (Å²) >= 11 is 0. The Morgan fingerprint density at radius 3 is 2.83 bits per heavy atom. The van der Waals surface area contributed by atoms with Crippen molar-refractivity contribution in [3.8, 4) is 0 Å². The third kappa shape index (κ3) is 2.69. The number of fused-ring (bicyclic) bond motifs is 1. The van der Waals surface area contributed by atoms with Gasteiger partial charge in [-0.15, -0.1) is 0 Å². The quantitative estimate of drug-likeness (QED) is 0.696. The highest BCUT2D eigenvalue weighted by Gasteiger charge is 2.45. The molecule has 0 bridgehead atoms. The Morgan fingerprint density at radius 1 is 1.35 bits per heavy atom. The summed E-state index contributed by atoms with van der Waals surface area (Å²) in [6.07, 6.45) is 15.0. The van der Waals surface area contributed by atoms with Gasteiger partial charge in [0.2, 0.25) is 0 Å². The zero-order valence-corrected chi connectivity index (χ0v) is 13.5. The van der Waals surface area contributed by atoms with Gasteiger partial charge in [-0.05, 0) is 32.1 Å². The van der Waals surface area contributed by atoms with E-state index in [0.717, 1.165) is 37.0 Å². The SMILES string of the molecule is O=C(NCC1(CO)CCC1)C1=C2C=CC=CCC2C(C2CC2)=[NH+]1. The van der Waals surface area contributed by atoms with E-state index in [2.05, 4.69) is 28.5 Å². The maximum Gasteiger partial charge on any atom is 0.316 e. The molecule has 1 aliphatic heterocycles. The lowest BCUT2D eigenvalue weighted by Gasteiger charge is -2.40. The number of hydrogen-bond acceptors (Lipinski definition) is 2. The first-order chi connectivity index (χ1) is 11.2. The van der Waals surface area contributed by atoms with E-state index in [4.69, 9.17) is 0 Å². The lowest BCUT2D eigenvalue weighted by Crippen LogP contribution is -2.72. The fourth-order valence-electron chi connectivity index (χ4n) is 3.94. The minimum atomic E-state index is -0.0806. The van der Waals surface area contributed by atoms with Crippen LogP contribution in [0.15, 0.2) is 35.6 Å².